The van der Waals surface area contributed by atoms with Crippen LogP contribution < -0.4 is 10.5 Å². The van der Waals surface area contributed by atoms with Crippen molar-refractivity contribution in [2.75, 3.05) is 0 Å². The highest BCUT2D eigenvalue weighted by molar-refractivity contribution is 7.89. The Balaban J connectivity index is 2.14. The van der Waals surface area contributed by atoms with Gasteiger partial charge in [0.25, 0.3) is 0 Å². The van der Waals surface area contributed by atoms with Crippen molar-refractivity contribution < 1.29 is 8.42 Å². The van der Waals surface area contributed by atoms with Crippen LogP contribution >= 0.6 is 0 Å². The zero-order valence-corrected chi connectivity index (χ0v) is 10.7. The summed E-state index contributed by atoms with van der Waals surface area (Å²) in [6.07, 6.45) is 1.97. The molecule has 1 aromatic carbocycles. The monoisotopic (exact) mass is 254 g/mol. The van der Waals surface area contributed by atoms with Gasteiger partial charge in [0.05, 0.1) is 4.90 Å². The molecule has 1 aliphatic rings. The van der Waals surface area contributed by atoms with Crippen molar-refractivity contribution in [2.45, 2.75) is 37.2 Å². The van der Waals surface area contributed by atoms with E-state index in [1.807, 2.05) is 6.07 Å². The quantitative estimate of drug-likeness (QED) is 0.830. The molecule has 94 valence electrons. The van der Waals surface area contributed by atoms with Crippen molar-refractivity contribution in [3.05, 3.63) is 29.8 Å². The summed E-state index contributed by atoms with van der Waals surface area (Å²) in [5.74, 6) is 0.502. The first-order valence-corrected chi connectivity index (χ1v) is 7.36. The lowest BCUT2D eigenvalue weighted by Gasteiger charge is -2.07. The Hall–Kier alpha value is -0.910. The number of benzene rings is 1. The molecule has 1 aliphatic carbocycles. The van der Waals surface area contributed by atoms with E-state index >= 15 is 0 Å². The molecule has 3 N–H and O–H groups in total. The van der Waals surface area contributed by atoms with E-state index in [0.29, 0.717) is 17.4 Å². The Morgan fingerprint density at radius 1 is 1.47 bits per heavy atom. The van der Waals surface area contributed by atoms with E-state index in [1.54, 1.807) is 18.2 Å². The van der Waals surface area contributed by atoms with Crippen LogP contribution in [0.15, 0.2) is 29.2 Å². The highest BCUT2D eigenvalue weighted by Gasteiger charge is 2.38. The van der Waals surface area contributed by atoms with E-state index in [-0.39, 0.29) is 6.04 Å². The largest absolute Gasteiger partial charge is 0.326 e. The fourth-order valence-corrected chi connectivity index (χ4v) is 3.34. The van der Waals surface area contributed by atoms with Gasteiger partial charge in [0.1, 0.15) is 0 Å². The van der Waals surface area contributed by atoms with Gasteiger partial charge < -0.3 is 5.73 Å². The van der Waals surface area contributed by atoms with E-state index in [2.05, 4.69) is 11.6 Å². The molecule has 17 heavy (non-hydrogen) atoms. The first kappa shape index (κ1) is 12.5. The number of sulfonamides is 1. The Morgan fingerprint density at radius 3 is 2.82 bits per heavy atom. The molecule has 0 saturated heterocycles. The third-order valence-electron chi connectivity index (χ3n) is 3.20. The summed E-state index contributed by atoms with van der Waals surface area (Å²) in [5, 5.41) is 0. The van der Waals surface area contributed by atoms with Crippen LogP contribution in [0.1, 0.15) is 25.3 Å². The van der Waals surface area contributed by atoms with Gasteiger partial charge in [-0.2, -0.15) is 0 Å². The van der Waals surface area contributed by atoms with Crippen LogP contribution in [-0.2, 0) is 16.6 Å². The molecule has 1 fully saturated rings. The summed E-state index contributed by atoms with van der Waals surface area (Å²) in [7, 11) is -3.38. The van der Waals surface area contributed by atoms with Crippen molar-refractivity contribution in [2.24, 2.45) is 11.7 Å². The lowest BCUT2D eigenvalue weighted by atomic mass is 10.2. The van der Waals surface area contributed by atoms with Crippen molar-refractivity contribution in [3.63, 3.8) is 0 Å². The topological polar surface area (TPSA) is 72.2 Å². The number of hydrogen-bond donors (Lipinski definition) is 2. The Labute approximate surface area is 102 Å². The minimum atomic E-state index is -3.38. The third kappa shape index (κ3) is 2.86. The fraction of sp³-hybridized carbons (Fsp3) is 0.500. The molecular weight excluding hydrogens is 236 g/mol. The zero-order valence-electron chi connectivity index (χ0n) is 9.89. The maximum atomic E-state index is 12.1. The van der Waals surface area contributed by atoms with Gasteiger partial charge in [-0.25, -0.2) is 13.1 Å². The smallest absolute Gasteiger partial charge is 0.240 e. The Morgan fingerprint density at radius 2 is 2.24 bits per heavy atom. The van der Waals surface area contributed by atoms with Crippen LogP contribution in [-0.4, -0.2) is 14.5 Å². The van der Waals surface area contributed by atoms with Crippen LogP contribution in [0.25, 0.3) is 0 Å². The highest BCUT2D eigenvalue weighted by atomic mass is 32.2. The average Bonchev–Trinajstić information content (AvgIpc) is 3.07. The fourth-order valence-electron chi connectivity index (χ4n) is 1.95. The standard InChI is InChI=1S/C12H18N2O2S/c1-2-10-7-12(10)14-17(15,16)11-5-3-4-9(6-11)8-13/h3-6,10,12,14H,2,7-8,13H2,1H3. The second-order valence-corrected chi connectivity index (χ2v) is 6.20. The average molecular weight is 254 g/mol. The minimum absolute atomic E-state index is 0.117. The molecule has 1 aromatic rings. The molecule has 5 heteroatoms. The number of rotatable bonds is 5. The second-order valence-electron chi connectivity index (χ2n) is 4.48. The van der Waals surface area contributed by atoms with Gasteiger partial charge in [-0.1, -0.05) is 25.5 Å². The molecule has 2 atom stereocenters. The van der Waals surface area contributed by atoms with Gasteiger partial charge in [-0.3, -0.25) is 0 Å². The predicted molar refractivity (Wildman–Crippen MR) is 66.8 cm³/mol. The van der Waals surface area contributed by atoms with Crippen molar-refractivity contribution >= 4 is 10.0 Å². The molecule has 0 aromatic heterocycles. The van der Waals surface area contributed by atoms with Crippen LogP contribution in [0.2, 0.25) is 0 Å². The van der Waals surface area contributed by atoms with Crippen LogP contribution in [0.4, 0.5) is 0 Å². The number of nitrogens with two attached hydrogens (primary N) is 1. The van der Waals surface area contributed by atoms with Crippen LogP contribution in [0.5, 0.6) is 0 Å². The maximum Gasteiger partial charge on any atom is 0.240 e. The van der Waals surface area contributed by atoms with E-state index in [9.17, 15) is 8.42 Å². The molecule has 0 aliphatic heterocycles. The highest BCUT2D eigenvalue weighted by Crippen LogP contribution is 2.34. The van der Waals surface area contributed by atoms with Crippen molar-refractivity contribution in [1.82, 2.24) is 4.72 Å². The summed E-state index contributed by atoms with van der Waals surface area (Å²) in [6, 6.07) is 6.90. The molecule has 2 rings (SSSR count). The molecule has 0 bridgehead atoms. The van der Waals surface area contributed by atoms with Crippen molar-refractivity contribution in [1.29, 1.82) is 0 Å². The minimum Gasteiger partial charge on any atom is -0.326 e. The van der Waals surface area contributed by atoms with E-state index in [0.717, 1.165) is 18.4 Å². The first-order valence-electron chi connectivity index (χ1n) is 5.88. The van der Waals surface area contributed by atoms with Crippen molar-refractivity contribution in [3.8, 4) is 0 Å². The number of hydrogen-bond acceptors (Lipinski definition) is 3. The van der Waals surface area contributed by atoms with Crippen LogP contribution in [0, 0.1) is 5.92 Å². The van der Waals surface area contributed by atoms with Gasteiger partial charge in [0.15, 0.2) is 0 Å². The Bertz CT molecular complexity index is 499. The van der Waals surface area contributed by atoms with Gasteiger partial charge in [0.2, 0.25) is 10.0 Å². The molecule has 1 saturated carbocycles. The predicted octanol–water partition coefficient (Wildman–Crippen LogP) is 1.22. The third-order valence-corrected chi connectivity index (χ3v) is 4.69. The van der Waals surface area contributed by atoms with Gasteiger partial charge in [0, 0.05) is 12.6 Å². The summed E-state index contributed by atoms with van der Waals surface area (Å²) in [5.41, 5.74) is 6.33. The summed E-state index contributed by atoms with van der Waals surface area (Å²) < 4.78 is 26.9. The van der Waals surface area contributed by atoms with Gasteiger partial charge in [-0.05, 0) is 30.0 Å². The van der Waals surface area contributed by atoms with Gasteiger partial charge in [-0.15, -0.1) is 0 Å². The zero-order chi connectivity index (χ0) is 12.5. The summed E-state index contributed by atoms with van der Waals surface area (Å²) >= 11 is 0. The normalized spacial score (nSPS) is 23.6. The molecule has 0 amide bonds. The summed E-state index contributed by atoms with van der Waals surface area (Å²) in [6.45, 7) is 2.43. The Kier molecular flexibility index (Phi) is 3.51. The first-order chi connectivity index (χ1) is 8.06. The summed E-state index contributed by atoms with van der Waals surface area (Å²) in [4.78, 5) is 0.308. The lowest BCUT2D eigenvalue weighted by Crippen LogP contribution is -2.27. The molecule has 4 nitrogen and oxygen atoms in total. The maximum absolute atomic E-state index is 12.1. The number of nitrogens with one attached hydrogen (secondary N) is 1. The van der Waals surface area contributed by atoms with Crippen LogP contribution in [0.3, 0.4) is 0 Å². The second kappa shape index (κ2) is 4.76. The SMILES string of the molecule is CCC1CC1NS(=O)(=O)c1cccc(CN)c1. The molecule has 0 spiro atoms. The van der Waals surface area contributed by atoms with Gasteiger partial charge >= 0.3 is 0 Å². The van der Waals surface area contributed by atoms with E-state index in [1.165, 1.54) is 0 Å². The molecule has 0 heterocycles. The molecule has 2 unspecified atom stereocenters. The molecule has 0 radical (unpaired) electrons. The van der Waals surface area contributed by atoms with E-state index in [4.69, 9.17) is 5.73 Å². The lowest BCUT2D eigenvalue weighted by molar-refractivity contribution is 0.576. The molecular formula is C12H18N2O2S. The van der Waals surface area contributed by atoms with E-state index < -0.39 is 10.0 Å².